The van der Waals surface area contributed by atoms with Crippen molar-refractivity contribution in [2.24, 2.45) is 0 Å². The van der Waals surface area contributed by atoms with Gasteiger partial charge in [0, 0.05) is 17.2 Å². The van der Waals surface area contributed by atoms with Crippen molar-refractivity contribution in [2.75, 3.05) is 0 Å². The number of aromatic carboxylic acids is 1. The Bertz CT molecular complexity index is 690. The highest BCUT2D eigenvalue weighted by molar-refractivity contribution is 7.09. The van der Waals surface area contributed by atoms with Gasteiger partial charge in [0.1, 0.15) is 0 Å². The van der Waals surface area contributed by atoms with E-state index in [9.17, 15) is 19.6 Å². The average molecular weight is 346 g/mol. The molecule has 0 saturated heterocycles. The highest BCUT2D eigenvalue weighted by Crippen LogP contribution is 2.11. The zero-order valence-electron chi connectivity index (χ0n) is 12.8. The van der Waals surface area contributed by atoms with E-state index in [0.29, 0.717) is 12.0 Å². The molecule has 2 rings (SSSR count). The summed E-state index contributed by atoms with van der Waals surface area (Å²) in [7, 11) is -1.98. The van der Waals surface area contributed by atoms with E-state index < -0.39 is 19.0 Å². The van der Waals surface area contributed by atoms with Crippen LogP contribution in [0.3, 0.4) is 0 Å². The van der Waals surface area contributed by atoms with Crippen molar-refractivity contribution >= 4 is 30.3 Å². The Morgan fingerprint density at radius 2 is 2.08 bits per heavy atom. The lowest BCUT2D eigenvalue weighted by atomic mass is 9.75. The summed E-state index contributed by atoms with van der Waals surface area (Å²) in [5, 5.41) is 34.2. The van der Waals surface area contributed by atoms with Crippen molar-refractivity contribution in [1.29, 1.82) is 0 Å². The van der Waals surface area contributed by atoms with Crippen molar-refractivity contribution in [2.45, 2.75) is 25.2 Å². The fourth-order valence-corrected chi connectivity index (χ4v) is 2.99. The molecule has 1 unspecified atom stereocenters. The van der Waals surface area contributed by atoms with E-state index in [2.05, 4.69) is 5.32 Å². The molecule has 1 atom stereocenters. The summed E-state index contributed by atoms with van der Waals surface area (Å²) in [6, 6.07) is 9.90. The topological polar surface area (TPSA) is 110 Å². The number of hydrogen-bond acceptors (Lipinski definition) is 5. The van der Waals surface area contributed by atoms with Gasteiger partial charge in [-0.1, -0.05) is 18.2 Å². The molecular formula is C16H17BNO5S-. The van der Waals surface area contributed by atoms with E-state index in [-0.39, 0.29) is 24.3 Å². The number of carboxylic acid groups (broad SMARTS) is 1. The zero-order chi connectivity index (χ0) is 17.5. The van der Waals surface area contributed by atoms with Gasteiger partial charge in [0.2, 0.25) is 13.0 Å². The van der Waals surface area contributed by atoms with Crippen LogP contribution in [-0.4, -0.2) is 35.1 Å². The van der Waals surface area contributed by atoms with Crippen LogP contribution >= 0.6 is 11.3 Å². The molecule has 24 heavy (non-hydrogen) atoms. The van der Waals surface area contributed by atoms with Crippen molar-refractivity contribution in [1.82, 2.24) is 5.32 Å². The third-order valence-electron chi connectivity index (χ3n) is 3.50. The first-order valence-corrected chi connectivity index (χ1v) is 8.31. The maximum atomic E-state index is 12.0. The van der Waals surface area contributed by atoms with E-state index in [1.165, 1.54) is 12.1 Å². The lowest BCUT2D eigenvalue weighted by Crippen LogP contribution is -2.54. The number of benzene rings is 1. The lowest BCUT2D eigenvalue weighted by molar-refractivity contribution is -0.221. The first-order valence-electron chi connectivity index (χ1n) is 7.43. The van der Waals surface area contributed by atoms with Crippen LogP contribution in [0, 0.1) is 0 Å². The molecule has 6 nitrogen and oxygen atoms in total. The molecule has 0 aliphatic rings. The summed E-state index contributed by atoms with van der Waals surface area (Å²) in [4.78, 5) is 24.0. The second kappa shape index (κ2) is 8.63. The lowest BCUT2D eigenvalue weighted by Gasteiger charge is -2.25. The van der Waals surface area contributed by atoms with Gasteiger partial charge in [0.25, 0.3) is 0 Å². The number of nitrogens with one attached hydrogen (secondary N) is 1. The van der Waals surface area contributed by atoms with Crippen LogP contribution in [0.25, 0.3) is 0 Å². The van der Waals surface area contributed by atoms with E-state index in [0.717, 1.165) is 4.88 Å². The Morgan fingerprint density at radius 3 is 2.71 bits per heavy atom. The smallest absolute Gasteiger partial charge is 0.335 e. The molecule has 0 spiro atoms. The standard InChI is InChI=1S/C16H17BNO5S/c19-15(7-6-13-5-2-8-24-13)18-14(17(22)23)10-11-3-1-4-12(9-11)16(20)21/h1-5,8-9,14,22H,6-7,10H2,(H,18,19)(H,20,21)/q-1. The first-order chi connectivity index (χ1) is 11.5. The van der Waals surface area contributed by atoms with Gasteiger partial charge in [-0.05, 0) is 42.0 Å². The van der Waals surface area contributed by atoms with E-state index in [4.69, 9.17) is 5.11 Å². The van der Waals surface area contributed by atoms with Crippen molar-refractivity contribution < 1.29 is 24.7 Å². The second-order valence-corrected chi connectivity index (χ2v) is 6.39. The number of hydrogen-bond donors (Lipinski definition) is 3. The van der Waals surface area contributed by atoms with E-state index in [1.807, 2.05) is 17.5 Å². The highest BCUT2D eigenvalue weighted by atomic mass is 32.1. The molecule has 1 heterocycles. The molecule has 1 aromatic heterocycles. The van der Waals surface area contributed by atoms with Crippen LogP contribution in [0.5, 0.6) is 0 Å². The molecule has 2 aromatic rings. The third kappa shape index (κ3) is 5.49. The highest BCUT2D eigenvalue weighted by Gasteiger charge is 2.17. The fourth-order valence-electron chi connectivity index (χ4n) is 2.28. The molecular weight excluding hydrogens is 329 g/mol. The molecule has 0 radical (unpaired) electrons. The van der Waals surface area contributed by atoms with Crippen LogP contribution in [0.2, 0.25) is 0 Å². The van der Waals surface area contributed by atoms with Gasteiger partial charge in [0.15, 0.2) is 0 Å². The molecule has 8 heteroatoms. The van der Waals surface area contributed by atoms with Crippen LogP contribution < -0.4 is 10.3 Å². The van der Waals surface area contributed by atoms with Crippen LogP contribution in [0.4, 0.5) is 0 Å². The van der Waals surface area contributed by atoms with Crippen LogP contribution in [-0.2, 0) is 17.6 Å². The summed E-state index contributed by atoms with van der Waals surface area (Å²) in [6.45, 7) is 0. The Hall–Kier alpha value is -2.16. The normalized spacial score (nSPS) is 11.8. The number of rotatable bonds is 8. The minimum Gasteiger partial charge on any atom is -0.855 e. The van der Waals surface area contributed by atoms with Crippen molar-refractivity contribution in [3.05, 3.63) is 57.8 Å². The summed E-state index contributed by atoms with van der Waals surface area (Å²) in [5.41, 5.74) is 0.656. The molecule has 0 aliphatic carbocycles. The molecule has 0 aliphatic heterocycles. The Balaban J connectivity index is 1.95. The second-order valence-electron chi connectivity index (χ2n) is 5.35. The zero-order valence-corrected chi connectivity index (χ0v) is 13.7. The third-order valence-corrected chi connectivity index (χ3v) is 4.43. The number of amides is 1. The SMILES string of the molecule is O=C(CCc1cccs1)NC(Cc1cccc(C(=O)O)c1)B([O-])O. The monoisotopic (exact) mass is 346 g/mol. The summed E-state index contributed by atoms with van der Waals surface area (Å²) < 4.78 is 0. The molecule has 0 fully saturated rings. The number of carbonyl (C=O) groups excluding carboxylic acids is 1. The maximum Gasteiger partial charge on any atom is 0.335 e. The van der Waals surface area contributed by atoms with Gasteiger partial charge in [-0.2, -0.15) is 0 Å². The first kappa shape index (κ1) is 18.2. The van der Waals surface area contributed by atoms with Crippen molar-refractivity contribution in [3.8, 4) is 0 Å². The molecule has 0 bridgehead atoms. The molecule has 1 amide bonds. The number of thiophene rings is 1. The molecule has 0 saturated carbocycles. The molecule has 126 valence electrons. The predicted octanol–water partition coefficient (Wildman–Crippen LogP) is 0.486. The van der Waals surface area contributed by atoms with Gasteiger partial charge < -0.3 is 20.5 Å². The van der Waals surface area contributed by atoms with Gasteiger partial charge in [-0.15, -0.1) is 11.3 Å². The van der Waals surface area contributed by atoms with Gasteiger partial charge in [-0.25, -0.2) is 4.79 Å². The van der Waals surface area contributed by atoms with Gasteiger partial charge >= 0.3 is 5.97 Å². The summed E-state index contributed by atoms with van der Waals surface area (Å²) >= 11 is 1.55. The summed E-state index contributed by atoms with van der Waals surface area (Å²) in [5.74, 6) is -2.40. The minimum absolute atomic E-state index is 0.0660. The molecule has 3 N–H and O–H groups in total. The minimum atomic E-state index is -1.98. The van der Waals surface area contributed by atoms with Crippen LogP contribution in [0.1, 0.15) is 27.2 Å². The number of carboxylic acids is 1. The Labute approximate surface area is 143 Å². The Morgan fingerprint density at radius 1 is 1.29 bits per heavy atom. The fraction of sp³-hybridized carbons (Fsp3) is 0.250. The summed E-state index contributed by atoms with van der Waals surface area (Å²) in [6.07, 6.45) is 0.856. The Kier molecular flexibility index (Phi) is 6.54. The van der Waals surface area contributed by atoms with Gasteiger partial charge in [-0.3, -0.25) is 4.79 Å². The largest absolute Gasteiger partial charge is 0.855 e. The maximum absolute atomic E-state index is 12.0. The van der Waals surface area contributed by atoms with Gasteiger partial charge in [0.05, 0.1) is 5.56 Å². The average Bonchev–Trinajstić information content (AvgIpc) is 3.06. The van der Waals surface area contributed by atoms with Crippen LogP contribution in [0.15, 0.2) is 41.8 Å². The van der Waals surface area contributed by atoms with Crippen molar-refractivity contribution in [3.63, 3.8) is 0 Å². The number of aryl methyl sites for hydroxylation is 1. The number of carbonyl (C=O) groups is 2. The van der Waals surface area contributed by atoms with E-state index >= 15 is 0 Å². The predicted molar refractivity (Wildman–Crippen MR) is 89.6 cm³/mol. The van der Waals surface area contributed by atoms with E-state index in [1.54, 1.807) is 23.5 Å². The quantitative estimate of drug-likeness (QED) is 0.603. The molecule has 1 aromatic carbocycles.